The van der Waals surface area contributed by atoms with Crippen LogP contribution in [0.2, 0.25) is 0 Å². The van der Waals surface area contributed by atoms with Crippen LogP contribution in [0.3, 0.4) is 0 Å². The molecule has 1 unspecified atom stereocenters. The third-order valence-corrected chi connectivity index (χ3v) is 3.31. The standard InChI is InChI=1S/C14H18N4O3/c1-3-12(15)11-7-16-17(9-11)8-10-4-5-14(21-2)13(6-10)18(19)20/h4-7,9,12H,3,8,15H2,1-2H3. The van der Waals surface area contributed by atoms with Gasteiger partial charge in [-0.15, -0.1) is 0 Å². The molecule has 0 bridgehead atoms. The van der Waals surface area contributed by atoms with Gasteiger partial charge in [0.15, 0.2) is 5.75 Å². The van der Waals surface area contributed by atoms with E-state index in [2.05, 4.69) is 5.10 Å². The highest BCUT2D eigenvalue weighted by atomic mass is 16.6. The molecule has 1 aromatic heterocycles. The molecule has 112 valence electrons. The van der Waals surface area contributed by atoms with Gasteiger partial charge in [0.05, 0.1) is 24.8 Å². The number of hydrogen-bond donors (Lipinski definition) is 1. The Labute approximate surface area is 122 Å². The minimum atomic E-state index is -0.455. The molecule has 0 spiro atoms. The van der Waals surface area contributed by atoms with Crippen molar-refractivity contribution in [2.45, 2.75) is 25.9 Å². The number of methoxy groups -OCH3 is 1. The molecule has 0 saturated carbocycles. The summed E-state index contributed by atoms with van der Waals surface area (Å²) in [5, 5.41) is 15.2. The van der Waals surface area contributed by atoms with Crippen molar-refractivity contribution >= 4 is 5.69 Å². The Morgan fingerprint density at radius 3 is 2.90 bits per heavy atom. The van der Waals surface area contributed by atoms with Crippen LogP contribution < -0.4 is 10.5 Å². The highest BCUT2D eigenvalue weighted by Crippen LogP contribution is 2.27. The summed E-state index contributed by atoms with van der Waals surface area (Å²) >= 11 is 0. The summed E-state index contributed by atoms with van der Waals surface area (Å²) in [5.41, 5.74) is 7.63. The molecule has 0 aliphatic carbocycles. The fourth-order valence-electron chi connectivity index (χ4n) is 2.06. The maximum absolute atomic E-state index is 11.0. The predicted octanol–water partition coefficient (Wildman–Crippen LogP) is 2.26. The molecular weight excluding hydrogens is 272 g/mol. The molecule has 2 rings (SSSR count). The van der Waals surface area contributed by atoms with Gasteiger partial charge in [-0.2, -0.15) is 5.10 Å². The number of rotatable bonds is 6. The predicted molar refractivity (Wildman–Crippen MR) is 78.2 cm³/mol. The zero-order valence-electron chi connectivity index (χ0n) is 12.0. The summed E-state index contributed by atoms with van der Waals surface area (Å²) < 4.78 is 6.70. The molecule has 2 aromatic rings. The third kappa shape index (κ3) is 3.38. The Morgan fingerprint density at radius 1 is 1.52 bits per heavy atom. The topological polar surface area (TPSA) is 96.2 Å². The monoisotopic (exact) mass is 290 g/mol. The third-order valence-electron chi connectivity index (χ3n) is 3.31. The van der Waals surface area contributed by atoms with Gasteiger partial charge in [-0.05, 0) is 18.1 Å². The molecule has 0 aliphatic rings. The van der Waals surface area contributed by atoms with Crippen molar-refractivity contribution in [1.82, 2.24) is 9.78 Å². The van der Waals surface area contributed by atoms with Crippen molar-refractivity contribution in [3.63, 3.8) is 0 Å². The molecule has 0 amide bonds. The smallest absolute Gasteiger partial charge is 0.311 e. The molecule has 1 heterocycles. The summed E-state index contributed by atoms with van der Waals surface area (Å²) in [6.45, 7) is 2.45. The van der Waals surface area contributed by atoms with Crippen LogP contribution in [0, 0.1) is 10.1 Å². The zero-order valence-corrected chi connectivity index (χ0v) is 12.0. The van der Waals surface area contributed by atoms with E-state index in [-0.39, 0.29) is 17.5 Å². The zero-order chi connectivity index (χ0) is 15.4. The number of nitro groups is 1. The molecule has 0 radical (unpaired) electrons. The van der Waals surface area contributed by atoms with E-state index in [4.69, 9.17) is 10.5 Å². The summed E-state index contributed by atoms with van der Waals surface area (Å²) in [7, 11) is 1.41. The first-order valence-corrected chi connectivity index (χ1v) is 6.64. The first-order valence-electron chi connectivity index (χ1n) is 6.64. The molecule has 0 aliphatic heterocycles. The molecule has 21 heavy (non-hydrogen) atoms. The number of nitrogens with zero attached hydrogens (tertiary/aromatic N) is 3. The van der Waals surface area contributed by atoms with Crippen molar-refractivity contribution < 1.29 is 9.66 Å². The van der Waals surface area contributed by atoms with Crippen molar-refractivity contribution in [2.75, 3.05) is 7.11 Å². The van der Waals surface area contributed by atoms with Crippen LogP contribution in [0.15, 0.2) is 30.6 Å². The second-order valence-corrected chi connectivity index (χ2v) is 4.75. The van der Waals surface area contributed by atoms with Crippen molar-refractivity contribution in [2.24, 2.45) is 5.73 Å². The van der Waals surface area contributed by atoms with E-state index < -0.39 is 4.92 Å². The number of aromatic nitrogens is 2. The van der Waals surface area contributed by atoms with E-state index >= 15 is 0 Å². The molecule has 1 atom stereocenters. The minimum Gasteiger partial charge on any atom is -0.490 e. The van der Waals surface area contributed by atoms with Gasteiger partial charge in [-0.3, -0.25) is 14.8 Å². The number of hydrogen-bond acceptors (Lipinski definition) is 5. The molecule has 0 saturated heterocycles. The SMILES string of the molecule is CCC(N)c1cnn(Cc2ccc(OC)c([N+](=O)[O-])c2)c1. The highest BCUT2D eigenvalue weighted by Gasteiger charge is 2.15. The van der Waals surface area contributed by atoms with Crippen LogP contribution in [0.25, 0.3) is 0 Å². The van der Waals surface area contributed by atoms with Crippen LogP contribution in [0.1, 0.15) is 30.5 Å². The quantitative estimate of drug-likeness (QED) is 0.650. The lowest BCUT2D eigenvalue weighted by Crippen LogP contribution is -2.07. The minimum absolute atomic E-state index is 0.0380. The second kappa shape index (κ2) is 6.36. The van der Waals surface area contributed by atoms with Gasteiger partial charge in [-0.1, -0.05) is 13.0 Å². The van der Waals surface area contributed by atoms with Crippen molar-refractivity contribution in [3.05, 3.63) is 51.8 Å². The maximum atomic E-state index is 11.0. The van der Waals surface area contributed by atoms with Gasteiger partial charge < -0.3 is 10.5 Å². The number of nitro benzene ring substituents is 1. The molecule has 2 N–H and O–H groups in total. The Balaban J connectivity index is 2.21. The average molecular weight is 290 g/mol. The summed E-state index contributed by atoms with van der Waals surface area (Å²) in [6.07, 6.45) is 4.43. The molecule has 0 fully saturated rings. The Morgan fingerprint density at radius 2 is 2.29 bits per heavy atom. The largest absolute Gasteiger partial charge is 0.490 e. The van der Waals surface area contributed by atoms with Crippen molar-refractivity contribution in [3.8, 4) is 5.75 Å². The number of nitrogens with two attached hydrogens (primary N) is 1. The first kappa shape index (κ1) is 15.0. The second-order valence-electron chi connectivity index (χ2n) is 4.75. The molecule has 7 heteroatoms. The van der Waals surface area contributed by atoms with Crippen LogP contribution in [-0.4, -0.2) is 21.8 Å². The van der Waals surface area contributed by atoms with Crippen LogP contribution >= 0.6 is 0 Å². The van der Waals surface area contributed by atoms with Crippen LogP contribution in [0.5, 0.6) is 5.75 Å². The van der Waals surface area contributed by atoms with Crippen LogP contribution in [-0.2, 0) is 6.54 Å². The molecule has 7 nitrogen and oxygen atoms in total. The highest BCUT2D eigenvalue weighted by molar-refractivity contribution is 5.48. The van der Waals surface area contributed by atoms with Gasteiger partial charge in [0.1, 0.15) is 0 Å². The normalized spacial score (nSPS) is 12.1. The number of benzene rings is 1. The number of ether oxygens (including phenoxy) is 1. The van der Waals surface area contributed by atoms with Gasteiger partial charge >= 0.3 is 5.69 Å². The van der Waals surface area contributed by atoms with Gasteiger partial charge in [0, 0.05) is 23.9 Å². The van der Waals surface area contributed by atoms with Crippen LogP contribution in [0.4, 0.5) is 5.69 Å². The van der Waals surface area contributed by atoms with E-state index in [9.17, 15) is 10.1 Å². The first-order chi connectivity index (χ1) is 10.0. The van der Waals surface area contributed by atoms with E-state index in [1.807, 2.05) is 13.1 Å². The van der Waals surface area contributed by atoms with Gasteiger partial charge in [0.2, 0.25) is 0 Å². The lowest BCUT2D eigenvalue weighted by Gasteiger charge is -2.06. The van der Waals surface area contributed by atoms with E-state index in [0.29, 0.717) is 6.54 Å². The van der Waals surface area contributed by atoms with E-state index in [0.717, 1.165) is 17.5 Å². The Kier molecular flexibility index (Phi) is 4.54. The maximum Gasteiger partial charge on any atom is 0.311 e. The van der Waals surface area contributed by atoms with Crippen molar-refractivity contribution in [1.29, 1.82) is 0 Å². The Hall–Kier alpha value is -2.41. The van der Waals surface area contributed by atoms with E-state index in [1.54, 1.807) is 23.0 Å². The lowest BCUT2D eigenvalue weighted by molar-refractivity contribution is -0.385. The fourth-order valence-corrected chi connectivity index (χ4v) is 2.06. The summed E-state index contributed by atoms with van der Waals surface area (Å²) in [4.78, 5) is 10.5. The molecular formula is C14H18N4O3. The summed E-state index contributed by atoms with van der Waals surface area (Å²) in [6, 6.07) is 4.84. The molecule has 1 aromatic carbocycles. The Bertz CT molecular complexity index is 639. The van der Waals surface area contributed by atoms with Gasteiger partial charge in [0.25, 0.3) is 0 Å². The fraction of sp³-hybridized carbons (Fsp3) is 0.357. The lowest BCUT2D eigenvalue weighted by atomic mass is 10.1. The van der Waals surface area contributed by atoms with Gasteiger partial charge in [-0.25, -0.2) is 0 Å². The summed E-state index contributed by atoms with van der Waals surface area (Å²) in [5.74, 6) is 0.248. The average Bonchev–Trinajstić information content (AvgIpc) is 2.94. The van der Waals surface area contributed by atoms with E-state index in [1.165, 1.54) is 13.2 Å².